The summed E-state index contributed by atoms with van der Waals surface area (Å²) in [5, 5.41) is 0. The third-order valence-corrected chi connectivity index (χ3v) is 3.53. The molecule has 0 spiro atoms. The average molecular weight is 353 g/mol. The minimum atomic E-state index is 0.504. The van der Waals surface area contributed by atoms with Crippen LogP contribution in [0.5, 0.6) is 5.75 Å². The Morgan fingerprint density at radius 2 is 1.83 bits per heavy atom. The van der Waals surface area contributed by atoms with Crippen LogP contribution in [0.4, 0.5) is 0 Å². The molecule has 0 saturated carbocycles. The van der Waals surface area contributed by atoms with Gasteiger partial charge in [-0.2, -0.15) is 0 Å². The zero-order chi connectivity index (χ0) is 13.0. The summed E-state index contributed by atoms with van der Waals surface area (Å²) in [6, 6.07) is 14.4. The monoisotopic (exact) mass is 353 g/mol. The number of halogens is 1. The van der Waals surface area contributed by atoms with Gasteiger partial charge in [0, 0.05) is 15.7 Å². The molecule has 2 nitrogen and oxygen atoms in total. The zero-order valence-electron chi connectivity index (χ0n) is 10.3. The first kappa shape index (κ1) is 13.4. The van der Waals surface area contributed by atoms with Gasteiger partial charge >= 0.3 is 0 Å². The molecule has 2 N–H and O–H groups in total. The van der Waals surface area contributed by atoms with E-state index in [-0.39, 0.29) is 0 Å². The van der Waals surface area contributed by atoms with Crippen LogP contribution in [-0.2, 0) is 13.2 Å². The number of ether oxygens (including phenoxy) is 1. The van der Waals surface area contributed by atoms with Gasteiger partial charge in [0.1, 0.15) is 12.4 Å². The lowest BCUT2D eigenvalue weighted by Crippen LogP contribution is -2.04. The summed E-state index contributed by atoms with van der Waals surface area (Å²) in [5.41, 5.74) is 9.08. The second kappa shape index (κ2) is 6.20. The van der Waals surface area contributed by atoms with Crippen LogP contribution in [0.25, 0.3) is 0 Å². The maximum Gasteiger partial charge on any atom is 0.127 e. The van der Waals surface area contributed by atoms with Gasteiger partial charge in [-0.25, -0.2) is 0 Å². The maximum atomic E-state index is 5.90. The first-order valence-electron chi connectivity index (χ1n) is 5.86. The summed E-state index contributed by atoms with van der Waals surface area (Å²) in [7, 11) is 0. The summed E-state index contributed by atoms with van der Waals surface area (Å²) in [6.45, 7) is 3.13. The molecule has 94 valence electrons. The summed E-state index contributed by atoms with van der Waals surface area (Å²) >= 11 is 2.30. The van der Waals surface area contributed by atoms with Gasteiger partial charge in [0.2, 0.25) is 0 Å². The molecule has 2 aromatic carbocycles. The third kappa shape index (κ3) is 3.23. The maximum absolute atomic E-state index is 5.90. The molecule has 0 saturated heterocycles. The van der Waals surface area contributed by atoms with Crippen LogP contribution >= 0.6 is 22.6 Å². The van der Waals surface area contributed by atoms with E-state index < -0.39 is 0 Å². The van der Waals surface area contributed by atoms with Gasteiger partial charge in [-0.1, -0.05) is 30.3 Å². The van der Waals surface area contributed by atoms with Crippen LogP contribution in [0.2, 0.25) is 0 Å². The Morgan fingerprint density at radius 3 is 2.50 bits per heavy atom. The lowest BCUT2D eigenvalue weighted by atomic mass is 10.1. The van der Waals surface area contributed by atoms with Crippen molar-refractivity contribution in [2.24, 2.45) is 5.73 Å². The molecule has 0 heterocycles. The molecule has 2 aromatic rings. The first-order valence-corrected chi connectivity index (χ1v) is 6.94. The fraction of sp³-hybridized carbons (Fsp3) is 0.200. The Balaban J connectivity index is 2.12. The molecular weight excluding hydrogens is 337 g/mol. The van der Waals surface area contributed by atoms with E-state index in [1.54, 1.807) is 0 Å². The predicted octanol–water partition coefficient (Wildman–Crippen LogP) is 3.64. The van der Waals surface area contributed by atoms with Gasteiger partial charge in [0.25, 0.3) is 0 Å². The van der Waals surface area contributed by atoms with E-state index in [2.05, 4.69) is 46.9 Å². The van der Waals surface area contributed by atoms with Crippen molar-refractivity contribution in [3.05, 3.63) is 62.7 Å². The van der Waals surface area contributed by atoms with Crippen LogP contribution in [-0.4, -0.2) is 0 Å². The number of benzene rings is 2. The van der Waals surface area contributed by atoms with Crippen molar-refractivity contribution in [2.45, 2.75) is 20.1 Å². The molecule has 3 heteroatoms. The first-order chi connectivity index (χ1) is 8.70. The van der Waals surface area contributed by atoms with Gasteiger partial charge in [0.15, 0.2) is 0 Å². The molecule has 0 radical (unpaired) electrons. The highest BCUT2D eigenvalue weighted by Crippen LogP contribution is 2.24. The van der Waals surface area contributed by atoms with Gasteiger partial charge in [-0.05, 0) is 52.8 Å². The van der Waals surface area contributed by atoms with Crippen molar-refractivity contribution in [1.29, 1.82) is 0 Å². The van der Waals surface area contributed by atoms with Gasteiger partial charge in [-0.3, -0.25) is 0 Å². The topological polar surface area (TPSA) is 35.2 Å². The summed E-state index contributed by atoms with van der Waals surface area (Å²) in [6.07, 6.45) is 0. The molecule has 0 aliphatic rings. The normalized spacial score (nSPS) is 10.4. The molecule has 0 aromatic heterocycles. The van der Waals surface area contributed by atoms with Crippen LogP contribution < -0.4 is 10.5 Å². The van der Waals surface area contributed by atoms with Gasteiger partial charge in [-0.15, -0.1) is 0 Å². The summed E-state index contributed by atoms with van der Waals surface area (Å²) in [4.78, 5) is 0. The number of para-hydroxylation sites is 1. The molecular formula is C15H16INO. The SMILES string of the molecule is Cc1cccc(CN)c1OCc1ccc(I)cc1. The number of hydrogen-bond acceptors (Lipinski definition) is 2. The molecule has 18 heavy (non-hydrogen) atoms. The quantitative estimate of drug-likeness (QED) is 0.852. The second-order valence-electron chi connectivity index (χ2n) is 4.18. The highest BCUT2D eigenvalue weighted by atomic mass is 127. The molecule has 0 amide bonds. The van der Waals surface area contributed by atoms with E-state index in [9.17, 15) is 0 Å². The molecule has 0 aliphatic carbocycles. The van der Waals surface area contributed by atoms with E-state index in [0.717, 1.165) is 16.9 Å². The molecule has 2 rings (SSSR count). The Hall–Kier alpha value is -1.07. The van der Waals surface area contributed by atoms with Crippen molar-refractivity contribution in [1.82, 2.24) is 0 Å². The number of nitrogens with two attached hydrogens (primary N) is 1. The Morgan fingerprint density at radius 1 is 1.11 bits per heavy atom. The molecule has 0 unspecified atom stereocenters. The lowest BCUT2D eigenvalue weighted by molar-refractivity contribution is 0.301. The minimum Gasteiger partial charge on any atom is -0.488 e. The highest BCUT2D eigenvalue weighted by molar-refractivity contribution is 14.1. The number of aryl methyl sites for hydroxylation is 1. The molecule has 0 atom stereocenters. The average Bonchev–Trinajstić information content (AvgIpc) is 2.39. The number of rotatable bonds is 4. The smallest absolute Gasteiger partial charge is 0.127 e. The Labute approximate surface area is 121 Å². The lowest BCUT2D eigenvalue weighted by Gasteiger charge is -2.13. The van der Waals surface area contributed by atoms with Gasteiger partial charge in [0.05, 0.1) is 0 Å². The Kier molecular flexibility index (Phi) is 4.60. The van der Waals surface area contributed by atoms with Crippen LogP contribution in [0.1, 0.15) is 16.7 Å². The van der Waals surface area contributed by atoms with Crippen molar-refractivity contribution < 1.29 is 4.74 Å². The fourth-order valence-corrected chi connectivity index (χ4v) is 2.18. The van der Waals surface area contributed by atoms with Crippen LogP contribution in [0.3, 0.4) is 0 Å². The van der Waals surface area contributed by atoms with Crippen molar-refractivity contribution in [3.8, 4) is 5.75 Å². The van der Waals surface area contributed by atoms with Crippen molar-refractivity contribution in [3.63, 3.8) is 0 Å². The fourth-order valence-electron chi connectivity index (χ4n) is 1.82. The van der Waals surface area contributed by atoms with E-state index >= 15 is 0 Å². The van der Waals surface area contributed by atoms with Crippen molar-refractivity contribution >= 4 is 22.6 Å². The standard InChI is InChI=1S/C15H16INO/c1-11-3-2-4-13(9-17)15(11)18-10-12-5-7-14(16)8-6-12/h2-8H,9-10,17H2,1H3. The third-order valence-electron chi connectivity index (χ3n) is 2.81. The minimum absolute atomic E-state index is 0.504. The van der Waals surface area contributed by atoms with E-state index in [1.165, 1.54) is 9.13 Å². The molecule has 0 aliphatic heterocycles. The van der Waals surface area contributed by atoms with Gasteiger partial charge < -0.3 is 10.5 Å². The number of hydrogen-bond donors (Lipinski definition) is 1. The summed E-state index contributed by atoms with van der Waals surface area (Å²) < 4.78 is 7.13. The van der Waals surface area contributed by atoms with Crippen LogP contribution in [0.15, 0.2) is 42.5 Å². The zero-order valence-corrected chi connectivity index (χ0v) is 12.5. The van der Waals surface area contributed by atoms with Crippen LogP contribution in [0, 0.1) is 10.5 Å². The molecule has 0 bridgehead atoms. The van der Waals surface area contributed by atoms with E-state index in [1.807, 2.05) is 25.1 Å². The largest absolute Gasteiger partial charge is 0.488 e. The second-order valence-corrected chi connectivity index (χ2v) is 5.43. The van der Waals surface area contributed by atoms with E-state index in [0.29, 0.717) is 13.2 Å². The highest BCUT2D eigenvalue weighted by Gasteiger charge is 2.05. The van der Waals surface area contributed by atoms with E-state index in [4.69, 9.17) is 10.5 Å². The predicted molar refractivity (Wildman–Crippen MR) is 82.6 cm³/mol. The Bertz CT molecular complexity index is 523. The van der Waals surface area contributed by atoms with Crippen molar-refractivity contribution in [2.75, 3.05) is 0 Å². The summed E-state index contributed by atoms with van der Waals surface area (Å²) in [5.74, 6) is 0.915. The molecule has 0 fully saturated rings.